The van der Waals surface area contributed by atoms with Crippen LogP contribution in [0, 0.1) is 12.0 Å². The molecular formula is C9H9O2. The third-order valence-corrected chi connectivity index (χ3v) is 1.91. The zero-order valence-corrected chi connectivity index (χ0v) is 6.29. The van der Waals surface area contributed by atoms with Crippen LogP contribution in [-0.2, 0) is 4.74 Å². The first-order chi connectivity index (χ1) is 5.27. The highest BCUT2D eigenvalue weighted by atomic mass is 16.6. The first-order valence-corrected chi connectivity index (χ1v) is 3.66. The van der Waals surface area contributed by atoms with Gasteiger partial charge in [0, 0.05) is 5.57 Å². The second kappa shape index (κ2) is 2.16. The molecule has 0 saturated carbocycles. The van der Waals surface area contributed by atoms with Gasteiger partial charge < -0.3 is 9.84 Å². The number of rotatable bonds is 0. The Morgan fingerprint density at radius 2 is 2.55 bits per heavy atom. The average Bonchev–Trinajstić information content (AvgIpc) is 2.31. The number of aliphatic hydroxyl groups is 1. The summed E-state index contributed by atoms with van der Waals surface area (Å²) in [5, 5.41) is 9.24. The van der Waals surface area contributed by atoms with Gasteiger partial charge in [-0.05, 0) is 30.1 Å². The van der Waals surface area contributed by atoms with Gasteiger partial charge in [-0.1, -0.05) is 6.92 Å². The van der Waals surface area contributed by atoms with Gasteiger partial charge in [0.15, 0.2) is 0 Å². The summed E-state index contributed by atoms with van der Waals surface area (Å²) >= 11 is 0. The Balaban J connectivity index is 2.41. The minimum absolute atomic E-state index is 0.0411. The molecule has 1 N–H and O–H groups in total. The van der Waals surface area contributed by atoms with Gasteiger partial charge in [-0.25, -0.2) is 0 Å². The topological polar surface area (TPSA) is 29.5 Å². The maximum Gasteiger partial charge on any atom is 0.285 e. The van der Waals surface area contributed by atoms with Crippen LogP contribution in [-0.4, -0.2) is 5.11 Å². The summed E-state index contributed by atoms with van der Waals surface area (Å²) in [6.45, 7) is 2.07. The number of aliphatic hydroxyl groups excluding tert-OH is 1. The lowest BCUT2D eigenvalue weighted by Crippen LogP contribution is -1.97. The average molecular weight is 149 g/mol. The van der Waals surface area contributed by atoms with Crippen LogP contribution in [0.2, 0.25) is 0 Å². The van der Waals surface area contributed by atoms with Crippen LogP contribution in [0.3, 0.4) is 0 Å². The van der Waals surface area contributed by atoms with Gasteiger partial charge in [-0.2, -0.15) is 0 Å². The predicted octanol–water partition coefficient (Wildman–Crippen LogP) is 2.07. The van der Waals surface area contributed by atoms with Crippen LogP contribution in [0.5, 0.6) is 0 Å². The lowest BCUT2D eigenvalue weighted by atomic mass is 10.1. The summed E-state index contributed by atoms with van der Waals surface area (Å²) < 4.78 is 4.83. The van der Waals surface area contributed by atoms with Gasteiger partial charge in [0.25, 0.3) is 5.95 Å². The molecule has 0 bridgehead atoms. The van der Waals surface area contributed by atoms with Crippen molar-refractivity contribution in [1.82, 2.24) is 0 Å². The highest BCUT2D eigenvalue weighted by Crippen LogP contribution is 2.33. The number of allylic oxidation sites excluding steroid dienone is 4. The van der Waals surface area contributed by atoms with Crippen LogP contribution in [0.25, 0.3) is 0 Å². The molecule has 1 radical (unpaired) electrons. The molecule has 1 aliphatic carbocycles. The molecule has 2 nitrogen and oxygen atoms in total. The van der Waals surface area contributed by atoms with E-state index in [1.165, 1.54) is 6.26 Å². The first kappa shape index (κ1) is 6.53. The van der Waals surface area contributed by atoms with Gasteiger partial charge in [0.05, 0.1) is 6.26 Å². The summed E-state index contributed by atoms with van der Waals surface area (Å²) in [6.07, 6.45) is 7.37. The van der Waals surface area contributed by atoms with Crippen molar-refractivity contribution < 1.29 is 9.84 Å². The number of hydrogen-bond acceptors (Lipinski definition) is 2. The molecular weight excluding hydrogens is 140 g/mol. The Labute approximate surface area is 65.5 Å². The van der Waals surface area contributed by atoms with Crippen LogP contribution in [0.4, 0.5) is 0 Å². The van der Waals surface area contributed by atoms with Crippen LogP contribution in [0.1, 0.15) is 13.3 Å². The van der Waals surface area contributed by atoms with E-state index in [0.717, 1.165) is 17.6 Å². The van der Waals surface area contributed by atoms with E-state index >= 15 is 0 Å². The van der Waals surface area contributed by atoms with Crippen LogP contribution >= 0.6 is 0 Å². The van der Waals surface area contributed by atoms with Crippen molar-refractivity contribution in [2.24, 2.45) is 5.92 Å². The van der Waals surface area contributed by atoms with Gasteiger partial charge >= 0.3 is 0 Å². The summed E-state index contributed by atoms with van der Waals surface area (Å²) in [5.74, 6) is 0.438. The summed E-state index contributed by atoms with van der Waals surface area (Å²) in [5.41, 5.74) is 1.88. The highest BCUT2D eigenvalue weighted by molar-refractivity contribution is 5.44. The largest absolute Gasteiger partial charge is 0.480 e. The third-order valence-electron chi connectivity index (χ3n) is 1.91. The van der Waals surface area contributed by atoms with Crippen molar-refractivity contribution >= 4 is 0 Å². The number of ether oxygens (including phenoxy) is 1. The standard InChI is InChI=1S/C9H9O2/c1-6-4-7-2-3-11-9(10)8(7)5-6/h2-3,6,10H,5H2,1H3. The Morgan fingerprint density at radius 3 is 3.27 bits per heavy atom. The Bertz CT molecular complexity index is 271. The van der Waals surface area contributed by atoms with Crippen molar-refractivity contribution in [3.8, 4) is 0 Å². The Morgan fingerprint density at radius 1 is 1.73 bits per heavy atom. The smallest absolute Gasteiger partial charge is 0.285 e. The molecule has 57 valence electrons. The Hall–Kier alpha value is -1.18. The molecule has 2 aliphatic rings. The molecule has 1 unspecified atom stereocenters. The van der Waals surface area contributed by atoms with E-state index in [1.54, 1.807) is 0 Å². The van der Waals surface area contributed by atoms with Crippen molar-refractivity contribution in [3.05, 3.63) is 35.5 Å². The van der Waals surface area contributed by atoms with E-state index in [9.17, 15) is 5.11 Å². The third kappa shape index (κ3) is 0.946. The van der Waals surface area contributed by atoms with E-state index in [2.05, 4.69) is 13.0 Å². The second-order valence-corrected chi connectivity index (χ2v) is 2.87. The van der Waals surface area contributed by atoms with Crippen molar-refractivity contribution in [2.75, 3.05) is 0 Å². The Kier molecular flexibility index (Phi) is 1.28. The summed E-state index contributed by atoms with van der Waals surface area (Å²) in [7, 11) is 0. The zero-order valence-electron chi connectivity index (χ0n) is 6.29. The fourth-order valence-electron chi connectivity index (χ4n) is 1.41. The maximum atomic E-state index is 9.24. The van der Waals surface area contributed by atoms with Gasteiger partial charge in [-0.3, -0.25) is 0 Å². The molecule has 11 heavy (non-hydrogen) atoms. The molecule has 1 atom stereocenters. The fourth-order valence-corrected chi connectivity index (χ4v) is 1.41. The van der Waals surface area contributed by atoms with E-state index in [0.29, 0.717) is 5.92 Å². The fraction of sp³-hybridized carbons (Fsp3) is 0.333. The molecule has 0 aromatic heterocycles. The second-order valence-electron chi connectivity index (χ2n) is 2.87. The molecule has 1 aliphatic heterocycles. The predicted molar refractivity (Wildman–Crippen MR) is 40.4 cm³/mol. The maximum absolute atomic E-state index is 9.24. The molecule has 0 aromatic carbocycles. The van der Waals surface area contributed by atoms with Gasteiger partial charge in [0.1, 0.15) is 0 Å². The molecule has 0 aromatic rings. The lowest BCUT2D eigenvalue weighted by molar-refractivity contribution is 0.159. The molecule has 0 amide bonds. The van der Waals surface area contributed by atoms with Gasteiger partial charge in [0.2, 0.25) is 0 Å². The minimum Gasteiger partial charge on any atom is -0.480 e. The van der Waals surface area contributed by atoms with Crippen LogP contribution < -0.4 is 0 Å². The highest BCUT2D eigenvalue weighted by Gasteiger charge is 2.23. The molecule has 2 rings (SSSR count). The quantitative estimate of drug-likeness (QED) is 0.571. The lowest BCUT2D eigenvalue weighted by Gasteiger charge is -2.09. The van der Waals surface area contributed by atoms with Crippen molar-refractivity contribution in [3.63, 3.8) is 0 Å². The van der Waals surface area contributed by atoms with Gasteiger partial charge in [-0.15, -0.1) is 0 Å². The molecule has 1 heterocycles. The molecule has 2 heteroatoms. The van der Waals surface area contributed by atoms with E-state index in [1.807, 2.05) is 6.08 Å². The first-order valence-electron chi connectivity index (χ1n) is 3.66. The molecule has 0 spiro atoms. The minimum atomic E-state index is 0.0411. The van der Waals surface area contributed by atoms with Crippen LogP contribution in [0.15, 0.2) is 29.4 Å². The van der Waals surface area contributed by atoms with E-state index in [-0.39, 0.29) is 5.95 Å². The molecule has 0 fully saturated rings. The monoisotopic (exact) mass is 149 g/mol. The zero-order chi connectivity index (χ0) is 7.84. The van der Waals surface area contributed by atoms with Crippen molar-refractivity contribution in [1.29, 1.82) is 0 Å². The molecule has 0 saturated heterocycles. The van der Waals surface area contributed by atoms with E-state index in [4.69, 9.17) is 4.74 Å². The SMILES string of the molecule is CC1[C]=C2C=COC(O)=C2C1. The summed E-state index contributed by atoms with van der Waals surface area (Å²) in [4.78, 5) is 0. The normalized spacial score (nSPS) is 28.1. The number of fused-ring (bicyclic) bond motifs is 1. The summed E-state index contributed by atoms with van der Waals surface area (Å²) in [6, 6.07) is 0. The van der Waals surface area contributed by atoms with E-state index < -0.39 is 0 Å². The number of hydrogen-bond donors (Lipinski definition) is 1. The van der Waals surface area contributed by atoms with Crippen molar-refractivity contribution in [2.45, 2.75) is 13.3 Å².